The molecule has 0 radical (unpaired) electrons. The summed E-state index contributed by atoms with van der Waals surface area (Å²) in [6.45, 7) is 4.09. The van der Waals surface area contributed by atoms with Crippen molar-refractivity contribution >= 4 is 23.1 Å². The summed E-state index contributed by atoms with van der Waals surface area (Å²) in [6.07, 6.45) is 0. The number of nitrogens with one attached hydrogen (secondary N) is 1. The zero-order valence-electron chi connectivity index (χ0n) is 10.9. The fourth-order valence-electron chi connectivity index (χ4n) is 1.97. The molecular formula is C13H15ClFN3S. The summed E-state index contributed by atoms with van der Waals surface area (Å²) in [4.78, 5) is 0.943. The van der Waals surface area contributed by atoms with Crippen LogP contribution in [-0.4, -0.2) is 16.6 Å². The number of nitrogens with zero attached hydrogens (tertiary/aromatic N) is 2. The number of hydrogen-bond donors (Lipinski definition) is 1. The summed E-state index contributed by atoms with van der Waals surface area (Å²) in [7, 11) is 1.79. The van der Waals surface area contributed by atoms with Crippen molar-refractivity contribution in [1.82, 2.24) is 14.9 Å². The van der Waals surface area contributed by atoms with Gasteiger partial charge in [0.1, 0.15) is 5.82 Å². The largest absolute Gasteiger partial charge is 0.308 e. The zero-order chi connectivity index (χ0) is 14.0. The first kappa shape index (κ1) is 14.4. The highest BCUT2D eigenvalue weighted by Crippen LogP contribution is 2.32. The van der Waals surface area contributed by atoms with Crippen LogP contribution in [0.1, 0.15) is 41.9 Å². The summed E-state index contributed by atoms with van der Waals surface area (Å²) < 4.78 is 18.0. The van der Waals surface area contributed by atoms with Crippen molar-refractivity contribution in [3.05, 3.63) is 45.2 Å². The van der Waals surface area contributed by atoms with E-state index in [0.717, 1.165) is 10.6 Å². The maximum Gasteiger partial charge on any atom is 0.129 e. The fourth-order valence-corrected chi connectivity index (χ4v) is 3.06. The highest BCUT2D eigenvalue weighted by atomic mass is 35.5. The molecule has 2 rings (SSSR count). The number of hydrogen-bond acceptors (Lipinski definition) is 4. The van der Waals surface area contributed by atoms with Gasteiger partial charge in [-0.15, -0.1) is 5.10 Å². The van der Waals surface area contributed by atoms with Crippen molar-refractivity contribution in [2.75, 3.05) is 7.05 Å². The Morgan fingerprint density at radius 2 is 2.11 bits per heavy atom. The smallest absolute Gasteiger partial charge is 0.129 e. The van der Waals surface area contributed by atoms with E-state index in [1.165, 1.54) is 17.6 Å². The van der Waals surface area contributed by atoms with Crippen molar-refractivity contribution in [3.8, 4) is 0 Å². The molecule has 0 aliphatic carbocycles. The van der Waals surface area contributed by atoms with Gasteiger partial charge in [-0.2, -0.15) is 0 Å². The van der Waals surface area contributed by atoms with Gasteiger partial charge in [0.15, 0.2) is 0 Å². The lowest BCUT2D eigenvalue weighted by Crippen LogP contribution is -2.19. The molecule has 0 aliphatic rings. The monoisotopic (exact) mass is 299 g/mol. The molecule has 1 aromatic heterocycles. The molecule has 1 atom stereocenters. The second kappa shape index (κ2) is 5.94. The van der Waals surface area contributed by atoms with Crippen LogP contribution in [0.15, 0.2) is 18.2 Å². The third kappa shape index (κ3) is 2.94. The lowest BCUT2D eigenvalue weighted by molar-refractivity contribution is 0.575. The highest BCUT2D eigenvalue weighted by molar-refractivity contribution is 7.05. The van der Waals surface area contributed by atoms with E-state index in [2.05, 4.69) is 14.9 Å². The Hall–Kier alpha value is -1.04. The van der Waals surface area contributed by atoms with E-state index in [1.807, 2.05) is 13.8 Å². The average molecular weight is 300 g/mol. The topological polar surface area (TPSA) is 37.8 Å². The Bertz CT molecular complexity index is 571. The predicted octanol–water partition coefficient (Wildman–Crippen LogP) is 3.76. The maximum atomic E-state index is 14.1. The molecule has 0 spiro atoms. The minimum absolute atomic E-state index is 0.250. The van der Waals surface area contributed by atoms with E-state index in [9.17, 15) is 4.39 Å². The number of aromatic nitrogens is 2. The Kier molecular flexibility index (Phi) is 4.50. The molecule has 0 saturated carbocycles. The van der Waals surface area contributed by atoms with Crippen LogP contribution < -0.4 is 5.32 Å². The molecule has 1 unspecified atom stereocenters. The second-order valence-corrected chi connectivity index (χ2v) is 5.79. The molecule has 2 aromatic rings. The Morgan fingerprint density at radius 3 is 2.68 bits per heavy atom. The van der Waals surface area contributed by atoms with Gasteiger partial charge >= 0.3 is 0 Å². The van der Waals surface area contributed by atoms with Gasteiger partial charge < -0.3 is 5.32 Å². The molecule has 19 heavy (non-hydrogen) atoms. The molecule has 1 N–H and O–H groups in total. The summed E-state index contributed by atoms with van der Waals surface area (Å²) in [6, 6.07) is 4.45. The van der Waals surface area contributed by atoms with Gasteiger partial charge in [0.05, 0.1) is 16.6 Å². The van der Waals surface area contributed by atoms with Crippen molar-refractivity contribution in [3.63, 3.8) is 0 Å². The third-order valence-corrected chi connectivity index (χ3v) is 3.95. The van der Waals surface area contributed by atoms with Gasteiger partial charge in [0, 0.05) is 10.6 Å². The Balaban J connectivity index is 2.47. The highest BCUT2D eigenvalue weighted by Gasteiger charge is 2.23. The van der Waals surface area contributed by atoms with Crippen LogP contribution in [0.5, 0.6) is 0 Å². The zero-order valence-corrected chi connectivity index (χ0v) is 12.5. The molecule has 6 heteroatoms. The number of halogens is 2. The number of rotatable bonds is 4. The average Bonchev–Trinajstić information content (AvgIpc) is 2.82. The number of benzene rings is 1. The minimum atomic E-state index is -0.324. The Morgan fingerprint density at radius 1 is 1.37 bits per heavy atom. The molecule has 1 heterocycles. The summed E-state index contributed by atoms with van der Waals surface area (Å²) in [5.41, 5.74) is 1.46. The van der Waals surface area contributed by atoms with Crippen LogP contribution >= 0.6 is 23.1 Å². The third-order valence-electron chi connectivity index (χ3n) is 2.91. The van der Waals surface area contributed by atoms with Crippen molar-refractivity contribution in [2.24, 2.45) is 0 Å². The lowest BCUT2D eigenvalue weighted by Gasteiger charge is -2.17. The molecule has 3 nitrogen and oxygen atoms in total. The van der Waals surface area contributed by atoms with E-state index in [0.29, 0.717) is 10.6 Å². The second-order valence-electron chi connectivity index (χ2n) is 4.56. The molecule has 0 amide bonds. The molecule has 102 valence electrons. The summed E-state index contributed by atoms with van der Waals surface area (Å²) in [5.74, 6) is -0.0742. The van der Waals surface area contributed by atoms with Gasteiger partial charge in [-0.3, -0.25) is 0 Å². The van der Waals surface area contributed by atoms with Crippen molar-refractivity contribution < 1.29 is 4.39 Å². The minimum Gasteiger partial charge on any atom is -0.308 e. The standard InChI is InChI=1S/C13H15ClFN3S/c1-7(2)11-13(19-18-17-11)12(16-3)9-5-4-8(14)6-10(9)15/h4-7,12,16H,1-3H3. The normalized spacial score (nSPS) is 12.9. The molecular weight excluding hydrogens is 285 g/mol. The quantitative estimate of drug-likeness (QED) is 0.934. The van der Waals surface area contributed by atoms with Crippen molar-refractivity contribution in [1.29, 1.82) is 0 Å². The van der Waals surface area contributed by atoms with Gasteiger partial charge in [-0.25, -0.2) is 4.39 Å². The van der Waals surface area contributed by atoms with Gasteiger partial charge in [0.25, 0.3) is 0 Å². The Labute approximate surface area is 121 Å². The van der Waals surface area contributed by atoms with Crippen LogP contribution in [0, 0.1) is 5.82 Å². The van der Waals surface area contributed by atoms with E-state index >= 15 is 0 Å². The first-order valence-corrected chi connectivity index (χ1v) is 7.14. The van der Waals surface area contributed by atoms with Crippen LogP contribution in [0.3, 0.4) is 0 Å². The van der Waals surface area contributed by atoms with Gasteiger partial charge in [0.2, 0.25) is 0 Å². The molecule has 0 saturated heterocycles. The first-order valence-electron chi connectivity index (χ1n) is 5.99. The fraction of sp³-hybridized carbons (Fsp3) is 0.385. The van der Waals surface area contributed by atoms with Crippen LogP contribution in [-0.2, 0) is 0 Å². The molecule has 0 fully saturated rings. The first-order chi connectivity index (χ1) is 9.04. The molecule has 0 bridgehead atoms. The van der Waals surface area contributed by atoms with E-state index in [4.69, 9.17) is 11.6 Å². The van der Waals surface area contributed by atoms with Crippen molar-refractivity contribution in [2.45, 2.75) is 25.8 Å². The predicted molar refractivity (Wildman–Crippen MR) is 76.3 cm³/mol. The molecule has 0 aliphatic heterocycles. The van der Waals surface area contributed by atoms with Crippen LogP contribution in [0.4, 0.5) is 4.39 Å². The maximum absolute atomic E-state index is 14.1. The van der Waals surface area contributed by atoms with Gasteiger partial charge in [-0.1, -0.05) is 36.0 Å². The van der Waals surface area contributed by atoms with Gasteiger partial charge in [-0.05, 0) is 36.6 Å². The van der Waals surface area contributed by atoms with E-state index in [-0.39, 0.29) is 17.8 Å². The summed E-state index contributed by atoms with van der Waals surface area (Å²) in [5, 5.41) is 7.65. The van der Waals surface area contributed by atoms with E-state index in [1.54, 1.807) is 19.2 Å². The summed E-state index contributed by atoms with van der Waals surface area (Å²) >= 11 is 7.08. The van der Waals surface area contributed by atoms with Crippen LogP contribution in [0.2, 0.25) is 5.02 Å². The van der Waals surface area contributed by atoms with E-state index < -0.39 is 0 Å². The van der Waals surface area contributed by atoms with Crippen LogP contribution in [0.25, 0.3) is 0 Å². The lowest BCUT2D eigenvalue weighted by atomic mass is 10.00. The molecule has 1 aromatic carbocycles. The SMILES string of the molecule is CNC(c1ccc(Cl)cc1F)c1snnc1C(C)C.